The number of halogens is 2. The average molecular weight is 374 g/mol. The van der Waals surface area contributed by atoms with Gasteiger partial charge in [-0.1, -0.05) is 47.4 Å². The highest BCUT2D eigenvalue weighted by molar-refractivity contribution is 9.10. The van der Waals surface area contributed by atoms with Crippen molar-refractivity contribution in [1.82, 2.24) is 10.2 Å². The van der Waals surface area contributed by atoms with E-state index in [1.54, 1.807) is 0 Å². The van der Waals surface area contributed by atoms with Crippen molar-refractivity contribution in [2.75, 3.05) is 26.2 Å². The van der Waals surface area contributed by atoms with Crippen LogP contribution in [0.1, 0.15) is 44.7 Å². The van der Waals surface area contributed by atoms with Gasteiger partial charge in [-0.25, -0.2) is 0 Å². The Balaban J connectivity index is 1.98. The minimum absolute atomic E-state index is 0.341. The fraction of sp³-hybridized carbons (Fsp3) is 0.647. The summed E-state index contributed by atoms with van der Waals surface area (Å²) >= 11 is 9.90. The van der Waals surface area contributed by atoms with E-state index >= 15 is 0 Å². The molecule has 1 N–H and O–H groups in total. The van der Waals surface area contributed by atoms with Crippen LogP contribution in [-0.4, -0.2) is 31.1 Å². The van der Waals surface area contributed by atoms with Gasteiger partial charge in [-0.3, -0.25) is 0 Å². The second-order valence-electron chi connectivity index (χ2n) is 6.11. The Morgan fingerprint density at radius 1 is 1.48 bits per heavy atom. The lowest BCUT2D eigenvalue weighted by Crippen LogP contribution is -2.36. The average Bonchev–Trinajstić information content (AvgIpc) is 2.44. The molecule has 2 unspecified atom stereocenters. The van der Waals surface area contributed by atoms with Crippen LogP contribution in [0.4, 0.5) is 0 Å². The van der Waals surface area contributed by atoms with Gasteiger partial charge in [0, 0.05) is 22.1 Å². The highest BCUT2D eigenvalue weighted by Crippen LogP contribution is 2.29. The Morgan fingerprint density at radius 3 is 2.95 bits per heavy atom. The molecule has 1 fully saturated rings. The third kappa shape index (κ3) is 5.24. The summed E-state index contributed by atoms with van der Waals surface area (Å²) in [6.45, 7) is 9.12. The molecule has 21 heavy (non-hydrogen) atoms. The van der Waals surface area contributed by atoms with E-state index in [1.807, 2.05) is 6.07 Å². The van der Waals surface area contributed by atoms with Gasteiger partial charge in [0.1, 0.15) is 0 Å². The minimum atomic E-state index is 0.341. The quantitative estimate of drug-likeness (QED) is 0.765. The summed E-state index contributed by atoms with van der Waals surface area (Å²) < 4.78 is 1.04. The van der Waals surface area contributed by atoms with Crippen molar-refractivity contribution >= 4 is 27.5 Å². The van der Waals surface area contributed by atoms with E-state index in [0.717, 1.165) is 34.9 Å². The lowest BCUT2D eigenvalue weighted by molar-refractivity contribution is 0.176. The van der Waals surface area contributed by atoms with Crippen molar-refractivity contribution in [3.63, 3.8) is 0 Å². The van der Waals surface area contributed by atoms with Crippen LogP contribution >= 0.6 is 27.5 Å². The molecule has 4 heteroatoms. The van der Waals surface area contributed by atoms with Gasteiger partial charge in [0.25, 0.3) is 0 Å². The number of rotatable bonds is 6. The van der Waals surface area contributed by atoms with E-state index in [4.69, 9.17) is 11.6 Å². The molecule has 1 saturated heterocycles. The maximum atomic E-state index is 6.42. The van der Waals surface area contributed by atoms with Gasteiger partial charge in [0.15, 0.2) is 0 Å². The Morgan fingerprint density at radius 2 is 2.29 bits per heavy atom. The van der Waals surface area contributed by atoms with E-state index in [9.17, 15) is 0 Å². The molecule has 1 aliphatic rings. The van der Waals surface area contributed by atoms with Crippen LogP contribution in [0.2, 0.25) is 5.02 Å². The molecule has 1 aromatic rings. The number of benzene rings is 1. The zero-order valence-electron chi connectivity index (χ0n) is 13.0. The van der Waals surface area contributed by atoms with Crippen LogP contribution < -0.4 is 5.32 Å². The van der Waals surface area contributed by atoms with Gasteiger partial charge in [0.2, 0.25) is 0 Å². The zero-order valence-corrected chi connectivity index (χ0v) is 15.4. The van der Waals surface area contributed by atoms with Gasteiger partial charge in [-0.2, -0.15) is 0 Å². The third-order valence-electron chi connectivity index (χ3n) is 4.26. The lowest BCUT2D eigenvalue weighted by Gasteiger charge is -2.32. The lowest BCUT2D eigenvalue weighted by atomic mass is 9.98. The molecule has 0 aromatic heterocycles. The van der Waals surface area contributed by atoms with Gasteiger partial charge in [-0.05, 0) is 62.5 Å². The molecule has 0 saturated carbocycles. The number of piperidine rings is 1. The molecule has 1 aliphatic heterocycles. The molecule has 2 rings (SSSR count). The predicted octanol–water partition coefficient (Wildman–Crippen LogP) is 4.88. The van der Waals surface area contributed by atoms with Crippen molar-refractivity contribution in [1.29, 1.82) is 0 Å². The predicted molar refractivity (Wildman–Crippen MR) is 95.0 cm³/mol. The minimum Gasteiger partial charge on any atom is -0.310 e. The Bertz CT molecular complexity index is 452. The normalized spacial score (nSPS) is 21.4. The first-order valence-corrected chi connectivity index (χ1v) is 9.18. The van der Waals surface area contributed by atoms with Gasteiger partial charge < -0.3 is 10.2 Å². The van der Waals surface area contributed by atoms with Crippen molar-refractivity contribution in [2.24, 2.45) is 5.92 Å². The van der Waals surface area contributed by atoms with E-state index in [1.165, 1.54) is 31.5 Å². The Kier molecular flexibility index (Phi) is 7.00. The number of nitrogens with one attached hydrogen (secondary N) is 1. The maximum absolute atomic E-state index is 6.42. The second kappa shape index (κ2) is 8.52. The number of nitrogens with zero attached hydrogens (tertiary/aromatic N) is 1. The fourth-order valence-electron chi connectivity index (χ4n) is 3.20. The first kappa shape index (κ1) is 17.3. The van der Waals surface area contributed by atoms with Crippen molar-refractivity contribution in [3.05, 3.63) is 33.3 Å². The van der Waals surface area contributed by atoms with Gasteiger partial charge in [0.05, 0.1) is 0 Å². The van der Waals surface area contributed by atoms with Crippen LogP contribution in [0, 0.1) is 5.92 Å². The molecule has 118 valence electrons. The first-order chi connectivity index (χ1) is 10.1. The molecule has 2 atom stereocenters. The third-order valence-corrected chi connectivity index (χ3v) is 5.08. The van der Waals surface area contributed by atoms with E-state index in [2.05, 4.69) is 52.1 Å². The maximum Gasteiger partial charge on any atom is 0.0465 e. The summed E-state index contributed by atoms with van der Waals surface area (Å²) in [6, 6.07) is 6.55. The number of likely N-dealkylation sites (tertiary alicyclic amines) is 1. The highest BCUT2D eigenvalue weighted by atomic mass is 79.9. The second-order valence-corrected chi connectivity index (χ2v) is 7.44. The molecule has 1 aromatic carbocycles. The summed E-state index contributed by atoms with van der Waals surface area (Å²) in [5, 5.41) is 4.43. The summed E-state index contributed by atoms with van der Waals surface area (Å²) in [5.74, 6) is 0.840. The Hall–Kier alpha value is -0.0900. The van der Waals surface area contributed by atoms with Crippen LogP contribution in [0.5, 0.6) is 0 Å². The smallest absolute Gasteiger partial charge is 0.0465 e. The van der Waals surface area contributed by atoms with E-state index in [0.29, 0.717) is 6.04 Å². The van der Waals surface area contributed by atoms with Crippen LogP contribution in [0.3, 0.4) is 0 Å². The van der Waals surface area contributed by atoms with Gasteiger partial charge >= 0.3 is 0 Å². The number of hydrogen-bond acceptors (Lipinski definition) is 2. The molecule has 0 bridgehead atoms. The largest absolute Gasteiger partial charge is 0.310 e. The fourth-order valence-corrected chi connectivity index (χ4v) is 4.00. The van der Waals surface area contributed by atoms with Crippen molar-refractivity contribution in [3.8, 4) is 0 Å². The zero-order chi connectivity index (χ0) is 15.2. The van der Waals surface area contributed by atoms with E-state index < -0.39 is 0 Å². The molecule has 0 aliphatic carbocycles. The monoisotopic (exact) mass is 372 g/mol. The topological polar surface area (TPSA) is 15.3 Å². The van der Waals surface area contributed by atoms with Crippen molar-refractivity contribution in [2.45, 2.75) is 39.2 Å². The molecular weight excluding hydrogens is 348 g/mol. The summed E-state index contributed by atoms with van der Waals surface area (Å²) in [7, 11) is 0. The van der Waals surface area contributed by atoms with Gasteiger partial charge in [-0.15, -0.1) is 0 Å². The Labute approximate surface area is 142 Å². The first-order valence-electron chi connectivity index (χ1n) is 8.00. The van der Waals surface area contributed by atoms with Crippen LogP contribution in [-0.2, 0) is 0 Å². The molecule has 2 nitrogen and oxygen atoms in total. The molecule has 0 amide bonds. The molecule has 0 radical (unpaired) electrons. The van der Waals surface area contributed by atoms with Crippen LogP contribution in [0.15, 0.2) is 22.7 Å². The number of hydrogen-bond donors (Lipinski definition) is 1. The van der Waals surface area contributed by atoms with E-state index in [-0.39, 0.29) is 0 Å². The van der Waals surface area contributed by atoms with Crippen molar-refractivity contribution < 1.29 is 0 Å². The SMILES string of the molecule is CCNC(CCN1CCCC(C)C1)c1ccc(Br)cc1Cl. The molecule has 0 spiro atoms. The standard InChI is InChI=1S/C17H26BrClN2/c1-3-20-17(15-7-6-14(18)11-16(15)19)8-10-21-9-4-5-13(2)12-21/h6-7,11,13,17,20H,3-5,8-10,12H2,1-2H3. The van der Waals surface area contributed by atoms with Crippen LogP contribution in [0.25, 0.3) is 0 Å². The molecular formula is C17H26BrClN2. The molecule has 1 heterocycles. The highest BCUT2D eigenvalue weighted by Gasteiger charge is 2.19. The summed E-state index contributed by atoms with van der Waals surface area (Å²) in [4.78, 5) is 2.60. The summed E-state index contributed by atoms with van der Waals surface area (Å²) in [5.41, 5.74) is 1.21. The summed E-state index contributed by atoms with van der Waals surface area (Å²) in [6.07, 6.45) is 3.83.